The van der Waals surface area contributed by atoms with Crippen LogP contribution in [0.25, 0.3) is 0 Å². The Morgan fingerprint density at radius 1 is 1.43 bits per heavy atom. The maximum Gasteiger partial charge on any atom is 0.141 e. The Balaban J connectivity index is 2.33. The van der Waals surface area contributed by atoms with Gasteiger partial charge in [0.2, 0.25) is 0 Å². The van der Waals surface area contributed by atoms with Gasteiger partial charge in [0.1, 0.15) is 12.2 Å². The second-order valence-electron chi connectivity index (χ2n) is 4.04. The second kappa shape index (κ2) is 5.75. The molecule has 1 atom stereocenters. The van der Waals surface area contributed by atoms with Crippen LogP contribution in [0.5, 0.6) is 0 Å². The molecular formula is C10H20N4. The maximum atomic E-state index is 4.16. The summed E-state index contributed by atoms with van der Waals surface area (Å²) in [5.41, 5.74) is 0. The van der Waals surface area contributed by atoms with Crippen molar-refractivity contribution in [3.63, 3.8) is 0 Å². The summed E-state index contributed by atoms with van der Waals surface area (Å²) in [7, 11) is 1.96. The Bertz CT molecular complexity index is 230. The van der Waals surface area contributed by atoms with Gasteiger partial charge < -0.3 is 5.32 Å². The number of hydrogen-bond donors (Lipinski definition) is 2. The zero-order valence-electron chi connectivity index (χ0n) is 9.25. The molecule has 0 saturated heterocycles. The smallest absolute Gasteiger partial charge is 0.141 e. The lowest BCUT2D eigenvalue weighted by atomic mass is 10.0. The summed E-state index contributed by atoms with van der Waals surface area (Å²) >= 11 is 0. The fourth-order valence-corrected chi connectivity index (χ4v) is 1.53. The van der Waals surface area contributed by atoms with E-state index in [9.17, 15) is 0 Å². The molecule has 1 aromatic rings. The zero-order chi connectivity index (χ0) is 10.4. The Morgan fingerprint density at radius 2 is 2.21 bits per heavy atom. The van der Waals surface area contributed by atoms with Crippen molar-refractivity contribution in [2.75, 3.05) is 7.05 Å². The predicted molar refractivity (Wildman–Crippen MR) is 56.9 cm³/mol. The van der Waals surface area contributed by atoms with E-state index in [1.54, 1.807) is 6.33 Å². The number of nitrogens with one attached hydrogen (secondary N) is 2. The first-order valence-corrected chi connectivity index (χ1v) is 5.26. The van der Waals surface area contributed by atoms with Crippen molar-refractivity contribution in [3.05, 3.63) is 12.2 Å². The van der Waals surface area contributed by atoms with Gasteiger partial charge in [0.15, 0.2) is 0 Å². The second-order valence-corrected chi connectivity index (χ2v) is 4.04. The predicted octanol–water partition coefficient (Wildman–Crippen LogP) is 1.89. The van der Waals surface area contributed by atoms with Crippen LogP contribution < -0.4 is 5.32 Å². The van der Waals surface area contributed by atoms with Gasteiger partial charge in [0, 0.05) is 0 Å². The minimum absolute atomic E-state index is 0.316. The van der Waals surface area contributed by atoms with Gasteiger partial charge in [-0.3, -0.25) is 5.10 Å². The molecule has 0 fully saturated rings. The van der Waals surface area contributed by atoms with Crippen LogP contribution in [0.3, 0.4) is 0 Å². The topological polar surface area (TPSA) is 53.6 Å². The van der Waals surface area contributed by atoms with Crippen LogP contribution in [0.2, 0.25) is 0 Å². The van der Waals surface area contributed by atoms with Gasteiger partial charge in [-0.15, -0.1) is 0 Å². The number of aromatic nitrogens is 3. The van der Waals surface area contributed by atoms with Crippen molar-refractivity contribution in [2.45, 2.75) is 39.2 Å². The van der Waals surface area contributed by atoms with Crippen molar-refractivity contribution in [3.8, 4) is 0 Å². The van der Waals surface area contributed by atoms with Crippen LogP contribution in [-0.2, 0) is 0 Å². The van der Waals surface area contributed by atoms with Crippen LogP contribution in [0.4, 0.5) is 0 Å². The number of nitrogens with zero attached hydrogens (tertiary/aromatic N) is 2. The summed E-state index contributed by atoms with van der Waals surface area (Å²) in [6.07, 6.45) is 5.17. The van der Waals surface area contributed by atoms with Crippen LogP contribution in [0, 0.1) is 5.92 Å². The Hall–Kier alpha value is -0.900. The van der Waals surface area contributed by atoms with E-state index >= 15 is 0 Å². The van der Waals surface area contributed by atoms with E-state index in [0.717, 1.165) is 18.2 Å². The molecular weight excluding hydrogens is 176 g/mol. The molecule has 0 amide bonds. The SMILES string of the molecule is CNC(CCCC(C)C)c1ncn[nH]1. The van der Waals surface area contributed by atoms with Gasteiger partial charge in [-0.2, -0.15) is 5.10 Å². The van der Waals surface area contributed by atoms with Crippen molar-refractivity contribution in [1.29, 1.82) is 0 Å². The number of aromatic amines is 1. The van der Waals surface area contributed by atoms with E-state index in [1.807, 2.05) is 7.05 Å². The minimum Gasteiger partial charge on any atom is -0.310 e. The quantitative estimate of drug-likeness (QED) is 0.730. The summed E-state index contributed by atoms with van der Waals surface area (Å²) in [5.74, 6) is 1.72. The van der Waals surface area contributed by atoms with Crippen LogP contribution in [0.1, 0.15) is 45.0 Å². The lowest BCUT2D eigenvalue weighted by Gasteiger charge is -2.13. The third-order valence-electron chi connectivity index (χ3n) is 2.39. The average Bonchev–Trinajstić information content (AvgIpc) is 2.64. The van der Waals surface area contributed by atoms with E-state index in [2.05, 4.69) is 34.3 Å². The molecule has 0 spiro atoms. The largest absolute Gasteiger partial charge is 0.310 e. The lowest BCUT2D eigenvalue weighted by Crippen LogP contribution is -2.17. The molecule has 0 aromatic carbocycles. The summed E-state index contributed by atoms with van der Waals surface area (Å²) in [5, 5.41) is 10.0. The molecule has 0 radical (unpaired) electrons. The highest BCUT2D eigenvalue weighted by atomic mass is 15.2. The molecule has 1 heterocycles. The molecule has 0 bridgehead atoms. The third-order valence-corrected chi connectivity index (χ3v) is 2.39. The molecule has 4 heteroatoms. The minimum atomic E-state index is 0.316. The molecule has 0 aliphatic heterocycles. The monoisotopic (exact) mass is 196 g/mol. The molecule has 1 unspecified atom stereocenters. The standard InChI is InChI=1S/C10H20N4/c1-8(2)5-4-6-9(11-3)10-12-7-13-14-10/h7-9,11H,4-6H2,1-3H3,(H,12,13,14). The maximum absolute atomic E-state index is 4.16. The van der Waals surface area contributed by atoms with Gasteiger partial charge in [0.05, 0.1) is 6.04 Å². The number of rotatable bonds is 6. The molecule has 1 rings (SSSR count). The summed E-state index contributed by atoms with van der Waals surface area (Å²) < 4.78 is 0. The number of H-pyrrole nitrogens is 1. The number of hydrogen-bond acceptors (Lipinski definition) is 3. The molecule has 1 aromatic heterocycles. The van der Waals surface area contributed by atoms with Crippen molar-refractivity contribution < 1.29 is 0 Å². The first-order valence-electron chi connectivity index (χ1n) is 5.26. The first-order chi connectivity index (χ1) is 6.74. The summed E-state index contributed by atoms with van der Waals surface area (Å²) in [6.45, 7) is 4.51. The highest BCUT2D eigenvalue weighted by Gasteiger charge is 2.11. The molecule has 2 N–H and O–H groups in total. The fourth-order valence-electron chi connectivity index (χ4n) is 1.53. The van der Waals surface area contributed by atoms with Crippen LogP contribution in [0.15, 0.2) is 6.33 Å². The van der Waals surface area contributed by atoms with Crippen LogP contribution in [-0.4, -0.2) is 22.2 Å². The molecule has 0 saturated carbocycles. The molecule has 80 valence electrons. The van der Waals surface area contributed by atoms with Crippen molar-refractivity contribution >= 4 is 0 Å². The summed E-state index contributed by atoms with van der Waals surface area (Å²) in [4.78, 5) is 4.16. The van der Waals surface area contributed by atoms with Crippen LogP contribution >= 0.6 is 0 Å². The average molecular weight is 196 g/mol. The molecule has 14 heavy (non-hydrogen) atoms. The Kier molecular flexibility index (Phi) is 4.59. The van der Waals surface area contributed by atoms with E-state index in [0.29, 0.717) is 6.04 Å². The van der Waals surface area contributed by atoms with E-state index in [-0.39, 0.29) is 0 Å². The Labute approximate surface area is 85.5 Å². The first kappa shape index (κ1) is 11.2. The highest BCUT2D eigenvalue weighted by Crippen LogP contribution is 2.16. The van der Waals surface area contributed by atoms with Crippen molar-refractivity contribution in [2.24, 2.45) is 5.92 Å². The Morgan fingerprint density at radius 3 is 2.71 bits per heavy atom. The lowest BCUT2D eigenvalue weighted by molar-refractivity contribution is 0.457. The summed E-state index contributed by atoms with van der Waals surface area (Å²) in [6, 6.07) is 0.316. The fraction of sp³-hybridized carbons (Fsp3) is 0.800. The van der Waals surface area contributed by atoms with E-state index in [1.165, 1.54) is 12.8 Å². The van der Waals surface area contributed by atoms with Gasteiger partial charge >= 0.3 is 0 Å². The third kappa shape index (κ3) is 3.46. The van der Waals surface area contributed by atoms with Gasteiger partial charge in [-0.25, -0.2) is 4.98 Å². The van der Waals surface area contributed by atoms with Gasteiger partial charge in [0.25, 0.3) is 0 Å². The molecule has 4 nitrogen and oxygen atoms in total. The molecule has 0 aliphatic rings. The highest BCUT2D eigenvalue weighted by molar-refractivity contribution is 4.90. The van der Waals surface area contributed by atoms with Gasteiger partial charge in [-0.1, -0.05) is 26.7 Å². The molecule has 0 aliphatic carbocycles. The normalized spacial score (nSPS) is 13.4. The van der Waals surface area contributed by atoms with E-state index in [4.69, 9.17) is 0 Å². The zero-order valence-corrected chi connectivity index (χ0v) is 9.25. The van der Waals surface area contributed by atoms with E-state index < -0.39 is 0 Å². The van der Waals surface area contributed by atoms with Gasteiger partial charge in [-0.05, 0) is 19.4 Å². The van der Waals surface area contributed by atoms with Crippen molar-refractivity contribution in [1.82, 2.24) is 20.5 Å².